The smallest absolute Gasteiger partial charge is 0.125 e. The molecule has 3 heteroatoms. The van der Waals surface area contributed by atoms with E-state index in [2.05, 4.69) is 12.0 Å². The second-order valence-corrected chi connectivity index (χ2v) is 2.98. The van der Waals surface area contributed by atoms with Gasteiger partial charge >= 0.3 is 0 Å². The number of aryl methyl sites for hydroxylation is 1. The van der Waals surface area contributed by atoms with E-state index in [1.54, 1.807) is 17.8 Å². The summed E-state index contributed by atoms with van der Waals surface area (Å²) in [4.78, 5) is 0. The number of nitrogens with zero attached hydrogens (tertiary/aromatic N) is 2. The minimum absolute atomic E-state index is 0.230. The predicted octanol–water partition coefficient (Wildman–Crippen LogP) is 2.09. The first-order valence-corrected chi connectivity index (χ1v) is 4.12. The molecule has 0 saturated heterocycles. The Morgan fingerprint density at radius 3 is 3.00 bits per heavy atom. The summed E-state index contributed by atoms with van der Waals surface area (Å²) in [6, 6.07) is 4.68. The third kappa shape index (κ3) is 1.20. The lowest BCUT2D eigenvalue weighted by Gasteiger charge is -1.93. The lowest BCUT2D eigenvalue weighted by Crippen LogP contribution is -1.90. The van der Waals surface area contributed by atoms with Crippen LogP contribution in [0.3, 0.4) is 0 Å². The summed E-state index contributed by atoms with van der Waals surface area (Å²) in [5.41, 5.74) is 1.73. The van der Waals surface area contributed by atoms with Crippen molar-refractivity contribution in [3.63, 3.8) is 0 Å². The highest BCUT2D eigenvalue weighted by Crippen LogP contribution is 2.18. The van der Waals surface area contributed by atoms with Crippen molar-refractivity contribution in [2.75, 3.05) is 0 Å². The van der Waals surface area contributed by atoms with Crippen LogP contribution in [0.25, 0.3) is 10.9 Å². The number of hydrogen-bond donors (Lipinski definition) is 0. The van der Waals surface area contributed by atoms with Crippen LogP contribution in [0.1, 0.15) is 5.69 Å². The standard InChI is InChI=1S/C10H10FN2/c1-3-9-8-5-4-7(11)6-10(8)13(2)12-9/h4-6H,1,3H2,2H3. The number of benzene rings is 1. The normalized spacial score (nSPS) is 11.0. The molecule has 0 atom stereocenters. The van der Waals surface area contributed by atoms with E-state index in [4.69, 9.17) is 0 Å². The van der Waals surface area contributed by atoms with Crippen molar-refractivity contribution in [3.05, 3.63) is 36.6 Å². The fourth-order valence-electron chi connectivity index (χ4n) is 1.49. The first kappa shape index (κ1) is 8.23. The fraction of sp³-hybridized carbons (Fsp3) is 0.200. The molecule has 0 spiro atoms. The van der Waals surface area contributed by atoms with E-state index < -0.39 is 0 Å². The van der Waals surface area contributed by atoms with Gasteiger partial charge in [-0.15, -0.1) is 0 Å². The topological polar surface area (TPSA) is 17.8 Å². The van der Waals surface area contributed by atoms with Crippen LogP contribution in [0, 0.1) is 12.7 Å². The Kier molecular flexibility index (Phi) is 1.79. The van der Waals surface area contributed by atoms with Crippen molar-refractivity contribution in [1.82, 2.24) is 9.78 Å². The molecule has 0 saturated carbocycles. The Morgan fingerprint density at radius 2 is 2.31 bits per heavy atom. The van der Waals surface area contributed by atoms with Gasteiger partial charge in [0, 0.05) is 12.4 Å². The number of halogens is 1. The molecule has 0 unspecified atom stereocenters. The quantitative estimate of drug-likeness (QED) is 0.652. The fourth-order valence-corrected chi connectivity index (χ4v) is 1.49. The van der Waals surface area contributed by atoms with Crippen molar-refractivity contribution < 1.29 is 4.39 Å². The number of fused-ring (bicyclic) bond motifs is 1. The average molecular weight is 177 g/mol. The summed E-state index contributed by atoms with van der Waals surface area (Å²) in [7, 11) is 1.81. The van der Waals surface area contributed by atoms with Crippen molar-refractivity contribution >= 4 is 10.9 Å². The molecule has 0 aliphatic heterocycles. The minimum Gasteiger partial charge on any atom is -0.268 e. The van der Waals surface area contributed by atoms with Crippen LogP contribution in [-0.2, 0) is 13.5 Å². The van der Waals surface area contributed by atoms with Crippen molar-refractivity contribution in [2.24, 2.45) is 7.05 Å². The first-order chi connectivity index (χ1) is 6.22. The van der Waals surface area contributed by atoms with Gasteiger partial charge in [0.15, 0.2) is 0 Å². The van der Waals surface area contributed by atoms with Gasteiger partial charge < -0.3 is 0 Å². The molecule has 1 aromatic heterocycles. The molecule has 0 amide bonds. The van der Waals surface area contributed by atoms with E-state index in [1.165, 1.54) is 12.1 Å². The minimum atomic E-state index is -0.230. The maximum absolute atomic E-state index is 12.9. The Hall–Kier alpha value is -1.38. The Labute approximate surface area is 76.0 Å². The predicted molar refractivity (Wildman–Crippen MR) is 49.7 cm³/mol. The number of aromatic nitrogens is 2. The van der Waals surface area contributed by atoms with Crippen LogP contribution in [-0.4, -0.2) is 9.78 Å². The van der Waals surface area contributed by atoms with Crippen LogP contribution < -0.4 is 0 Å². The van der Waals surface area contributed by atoms with Crippen LogP contribution in [0.5, 0.6) is 0 Å². The third-order valence-electron chi connectivity index (χ3n) is 2.13. The highest BCUT2D eigenvalue weighted by molar-refractivity contribution is 5.82. The van der Waals surface area contributed by atoms with Crippen molar-refractivity contribution in [2.45, 2.75) is 6.42 Å². The van der Waals surface area contributed by atoms with E-state index in [-0.39, 0.29) is 5.82 Å². The van der Waals surface area contributed by atoms with Gasteiger partial charge in [0.2, 0.25) is 0 Å². The van der Waals surface area contributed by atoms with Gasteiger partial charge in [-0.3, -0.25) is 4.68 Å². The van der Waals surface area contributed by atoms with Crippen molar-refractivity contribution in [3.8, 4) is 0 Å². The second kappa shape index (κ2) is 2.83. The molecule has 1 radical (unpaired) electrons. The van der Waals surface area contributed by atoms with Crippen LogP contribution in [0.2, 0.25) is 0 Å². The molecular weight excluding hydrogens is 167 g/mol. The highest BCUT2D eigenvalue weighted by atomic mass is 19.1. The Morgan fingerprint density at radius 1 is 1.54 bits per heavy atom. The van der Waals surface area contributed by atoms with E-state index in [0.29, 0.717) is 6.42 Å². The highest BCUT2D eigenvalue weighted by Gasteiger charge is 2.06. The average Bonchev–Trinajstić information content (AvgIpc) is 2.43. The molecule has 0 aliphatic carbocycles. The maximum atomic E-state index is 12.9. The molecule has 0 fully saturated rings. The Balaban J connectivity index is 2.80. The van der Waals surface area contributed by atoms with E-state index in [0.717, 1.165) is 16.6 Å². The third-order valence-corrected chi connectivity index (χ3v) is 2.13. The Bertz CT molecular complexity index is 445. The molecule has 2 aromatic rings. The van der Waals surface area contributed by atoms with Gasteiger partial charge in [0.1, 0.15) is 5.82 Å². The summed E-state index contributed by atoms with van der Waals surface area (Å²) in [5, 5.41) is 5.22. The lowest BCUT2D eigenvalue weighted by atomic mass is 10.2. The largest absolute Gasteiger partial charge is 0.268 e. The molecule has 2 nitrogen and oxygen atoms in total. The molecule has 0 aliphatic rings. The second-order valence-electron chi connectivity index (χ2n) is 2.98. The van der Waals surface area contributed by atoms with Gasteiger partial charge in [-0.05, 0) is 31.5 Å². The summed E-state index contributed by atoms with van der Waals surface area (Å²) < 4.78 is 14.6. The monoisotopic (exact) mass is 177 g/mol. The van der Waals surface area contributed by atoms with Gasteiger partial charge in [-0.1, -0.05) is 0 Å². The maximum Gasteiger partial charge on any atom is 0.125 e. The summed E-state index contributed by atoms with van der Waals surface area (Å²) in [6.45, 7) is 3.77. The lowest BCUT2D eigenvalue weighted by molar-refractivity contribution is 0.628. The van der Waals surface area contributed by atoms with E-state index in [1.807, 2.05) is 0 Å². The zero-order valence-electron chi connectivity index (χ0n) is 7.42. The summed E-state index contributed by atoms with van der Waals surface area (Å²) in [5.74, 6) is -0.230. The van der Waals surface area contributed by atoms with Crippen molar-refractivity contribution in [1.29, 1.82) is 0 Å². The summed E-state index contributed by atoms with van der Waals surface area (Å²) >= 11 is 0. The number of rotatable bonds is 1. The molecule has 0 N–H and O–H groups in total. The van der Waals surface area contributed by atoms with Gasteiger partial charge in [-0.2, -0.15) is 5.10 Å². The van der Waals surface area contributed by atoms with Gasteiger partial charge in [-0.25, -0.2) is 4.39 Å². The van der Waals surface area contributed by atoms with E-state index >= 15 is 0 Å². The molecule has 0 bridgehead atoms. The molecular formula is C10H10FN2. The molecule has 13 heavy (non-hydrogen) atoms. The number of hydrogen-bond acceptors (Lipinski definition) is 1. The molecule has 1 heterocycles. The van der Waals surface area contributed by atoms with Crippen LogP contribution in [0.15, 0.2) is 18.2 Å². The van der Waals surface area contributed by atoms with Crippen LogP contribution in [0.4, 0.5) is 4.39 Å². The SMILES string of the molecule is [CH2]Cc1nn(C)c2cc(F)ccc12. The van der Waals surface area contributed by atoms with Gasteiger partial charge in [0.25, 0.3) is 0 Å². The van der Waals surface area contributed by atoms with E-state index in [9.17, 15) is 4.39 Å². The van der Waals surface area contributed by atoms with Gasteiger partial charge in [0.05, 0.1) is 11.2 Å². The first-order valence-electron chi connectivity index (χ1n) is 4.12. The zero-order valence-corrected chi connectivity index (χ0v) is 7.42. The molecule has 1 aromatic carbocycles. The molecule has 2 rings (SSSR count). The molecule has 67 valence electrons. The van der Waals surface area contributed by atoms with Crippen LogP contribution >= 0.6 is 0 Å². The summed E-state index contributed by atoms with van der Waals surface area (Å²) in [6.07, 6.45) is 0.628. The zero-order chi connectivity index (χ0) is 9.42.